The van der Waals surface area contributed by atoms with Crippen molar-refractivity contribution in [3.05, 3.63) is 39.9 Å². The van der Waals surface area contributed by atoms with Crippen molar-refractivity contribution in [2.75, 3.05) is 6.61 Å². The Morgan fingerprint density at radius 2 is 1.86 bits per heavy atom. The summed E-state index contributed by atoms with van der Waals surface area (Å²) in [7, 11) is 0. The van der Waals surface area contributed by atoms with Gasteiger partial charge in [0.05, 0.1) is 6.61 Å². The number of aliphatic hydroxyl groups excluding tert-OH is 1. The number of rotatable bonds is 3. The highest BCUT2D eigenvalue weighted by atomic mass is 79.9. The summed E-state index contributed by atoms with van der Waals surface area (Å²) in [5, 5.41) is 9.15. The zero-order valence-electron chi connectivity index (χ0n) is 8.55. The van der Waals surface area contributed by atoms with Crippen LogP contribution in [0.15, 0.2) is 34.3 Å². The van der Waals surface area contributed by atoms with Gasteiger partial charge in [-0.05, 0) is 42.2 Å². The first-order chi connectivity index (χ1) is 6.69. The fourth-order valence-electron chi connectivity index (χ4n) is 1.40. The first kappa shape index (κ1) is 11.5. The Hall–Kier alpha value is -0.600. The summed E-state index contributed by atoms with van der Waals surface area (Å²) in [6.45, 7) is 4.27. The van der Waals surface area contributed by atoms with Crippen LogP contribution in [-0.4, -0.2) is 11.7 Å². The third kappa shape index (κ3) is 2.69. The molecular weight excluding hydrogens is 240 g/mol. The van der Waals surface area contributed by atoms with Crippen LogP contribution in [0.2, 0.25) is 0 Å². The molecule has 0 aliphatic heterocycles. The van der Waals surface area contributed by atoms with Crippen LogP contribution >= 0.6 is 15.9 Å². The van der Waals surface area contributed by atoms with Gasteiger partial charge in [0, 0.05) is 4.47 Å². The van der Waals surface area contributed by atoms with Gasteiger partial charge in [-0.1, -0.05) is 35.0 Å². The fraction of sp³-hybridized carbons (Fsp3) is 0.333. The first-order valence-corrected chi connectivity index (χ1v) is 5.53. The van der Waals surface area contributed by atoms with Crippen molar-refractivity contribution < 1.29 is 5.11 Å². The van der Waals surface area contributed by atoms with Crippen LogP contribution in [0.5, 0.6) is 0 Å². The average molecular weight is 255 g/mol. The van der Waals surface area contributed by atoms with Gasteiger partial charge in [-0.2, -0.15) is 0 Å². The van der Waals surface area contributed by atoms with E-state index >= 15 is 0 Å². The van der Waals surface area contributed by atoms with Crippen molar-refractivity contribution in [2.24, 2.45) is 0 Å². The number of halogens is 1. The lowest BCUT2D eigenvalue weighted by molar-refractivity contribution is 0.328. The third-order valence-corrected chi connectivity index (χ3v) is 2.95. The van der Waals surface area contributed by atoms with Crippen LogP contribution in [0.4, 0.5) is 0 Å². The molecule has 0 aliphatic rings. The number of hydrogen-bond acceptors (Lipinski definition) is 1. The van der Waals surface area contributed by atoms with Gasteiger partial charge in [-0.15, -0.1) is 0 Å². The van der Waals surface area contributed by atoms with E-state index in [0.29, 0.717) is 0 Å². The maximum absolute atomic E-state index is 9.15. The molecule has 0 saturated carbocycles. The molecule has 1 rings (SSSR count). The van der Waals surface area contributed by atoms with E-state index in [2.05, 4.69) is 41.9 Å². The van der Waals surface area contributed by atoms with Gasteiger partial charge < -0.3 is 5.11 Å². The molecule has 0 unspecified atom stereocenters. The predicted octanol–water partition coefficient (Wildman–Crippen LogP) is 3.62. The monoisotopic (exact) mass is 254 g/mol. The van der Waals surface area contributed by atoms with E-state index in [1.165, 1.54) is 11.1 Å². The quantitative estimate of drug-likeness (QED) is 0.874. The van der Waals surface area contributed by atoms with Crippen molar-refractivity contribution in [3.8, 4) is 0 Å². The standard InChI is InChI=1S/C12H15BrO/c1-3-10(8-14)9(2)11-4-6-12(13)7-5-11/h4-7,14H,3,8H2,1-2H3. The lowest BCUT2D eigenvalue weighted by atomic mass is 10.0. The summed E-state index contributed by atoms with van der Waals surface area (Å²) in [4.78, 5) is 0. The summed E-state index contributed by atoms with van der Waals surface area (Å²) in [6, 6.07) is 8.16. The second kappa shape index (κ2) is 5.32. The van der Waals surface area contributed by atoms with Gasteiger partial charge in [0.15, 0.2) is 0 Å². The molecule has 0 heterocycles. The van der Waals surface area contributed by atoms with E-state index in [4.69, 9.17) is 5.11 Å². The zero-order valence-corrected chi connectivity index (χ0v) is 10.1. The summed E-state index contributed by atoms with van der Waals surface area (Å²) in [6.07, 6.45) is 0.901. The molecule has 0 aromatic heterocycles. The number of aliphatic hydroxyl groups is 1. The van der Waals surface area contributed by atoms with Gasteiger partial charge in [0.25, 0.3) is 0 Å². The Labute approximate surface area is 93.6 Å². The maximum Gasteiger partial charge on any atom is 0.0647 e. The molecule has 0 spiro atoms. The SMILES string of the molecule is CCC(CO)=C(C)c1ccc(Br)cc1. The van der Waals surface area contributed by atoms with Crippen molar-refractivity contribution >= 4 is 21.5 Å². The fourth-order valence-corrected chi connectivity index (χ4v) is 1.66. The van der Waals surface area contributed by atoms with Crippen LogP contribution in [0.3, 0.4) is 0 Å². The zero-order chi connectivity index (χ0) is 10.6. The van der Waals surface area contributed by atoms with Crippen LogP contribution < -0.4 is 0 Å². The molecule has 0 amide bonds. The molecule has 1 aromatic carbocycles. The second-order valence-electron chi connectivity index (χ2n) is 3.25. The van der Waals surface area contributed by atoms with E-state index in [9.17, 15) is 0 Å². The smallest absolute Gasteiger partial charge is 0.0647 e. The molecule has 0 fully saturated rings. The van der Waals surface area contributed by atoms with E-state index in [-0.39, 0.29) is 6.61 Å². The van der Waals surface area contributed by atoms with E-state index in [1.807, 2.05) is 12.1 Å². The Bertz CT molecular complexity index is 319. The molecule has 0 atom stereocenters. The largest absolute Gasteiger partial charge is 0.392 e. The summed E-state index contributed by atoms with van der Waals surface area (Å²) < 4.78 is 1.08. The Morgan fingerprint density at radius 3 is 2.29 bits per heavy atom. The molecule has 0 saturated heterocycles. The highest BCUT2D eigenvalue weighted by molar-refractivity contribution is 9.10. The topological polar surface area (TPSA) is 20.2 Å². The van der Waals surface area contributed by atoms with Gasteiger partial charge in [0.2, 0.25) is 0 Å². The molecule has 14 heavy (non-hydrogen) atoms. The van der Waals surface area contributed by atoms with Crippen LogP contribution in [0.1, 0.15) is 25.8 Å². The van der Waals surface area contributed by atoms with E-state index in [0.717, 1.165) is 16.5 Å². The van der Waals surface area contributed by atoms with Crippen molar-refractivity contribution in [1.82, 2.24) is 0 Å². The third-order valence-electron chi connectivity index (χ3n) is 2.43. The predicted molar refractivity (Wildman–Crippen MR) is 64.1 cm³/mol. The molecule has 0 radical (unpaired) electrons. The van der Waals surface area contributed by atoms with E-state index in [1.54, 1.807) is 0 Å². The summed E-state index contributed by atoms with van der Waals surface area (Å²) >= 11 is 3.40. The minimum absolute atomic E-state index is 0.151. The molecule has 76 valence electrons. The molecule has 1 aromatic rings. The summed E-state index contributed by atoms with van der Waals surface area (Å²) in [5.74, 6) is 0. The number of benzene rings is 1. The van der Waals surface area contributed by atoms with E-state index < -0.39 is 0 Å². The molecule has 1 nitrogen and oxygen atoms in total. The lowest BCUT2D eigenvalue weighted by Crippen LogP contribution is -1.93. The van der Waals surface area contributed by atoms with Crippen molar-refractivity contribution in [3.63, 3.8) is 0 Å². The Balaban J connectivity index is 3.04. The van der Waals surface area contributed by atoms with Crippen LogP contribution in [0, 0.1) is 0 Å². The highest BCUT2D eigenvalue weighted by Gasteiger charge is 2.01. The first-order valence-electron chi connectivity index (χ1n) is 4.74. The Kier molecular flexibility index (Phi) is 4.36. The molecule has 2 heteroatoms. The van der Waals surface area contributed by atoms with Crippen LogP contribution in [0.25, 0.3) is 5.57 Å². The van der Waals surface area contributed by atoms with Gasteiger partial charge in [-0.25, -0.2) is 0 Å². The van der Waals surface area contributed by atoms with Gasteiger partial charge >= 0.3 is 0 Å². The van der Waals surface area contributed by atoms with Gasteiger partial charge in [0.1, 0.15) is 0 Å². The normalized spacial score (nSPS) is 12.6. The average Bonchev–Trinajstić information content (AvgIpc) is 2.20. The minimum Gasteiger partial charge on any atom is -0.392 e. The molecular formula is C12H15BrO. The van der Waals surface area contributed by atoms with Crippen LogP contribution in [-0.2, 0) is 0 Å². The minimum atomic E-state index is 0.151. The lowest BCUT2D eigenvalue weighted by Gasteiger charge is -2.08. The molecule has 0 bridgehead atoms. The maximum atomic E-state index is 9.15. The Morgan fingerprint density at radius 1 is 1.29 bits per heavy atom. The van der Waals surface area contributed by atoms with Crippen molar-refractivity contribution in [1.29, 1.82) is 0 Å². The number of hydrogen-bond donors (Lipinski definition) is 1. The van der Waals surface area contributed by atoms with Gasteiger partial charge in [-0.3, -0.25) is 0 Å². The highest BCUT2D eigenvalue weighted by Crippen LogP contribution is 2.21. The summed E-state index contributed by atoms with van der Waals surface area (Å²) in [5.41, 5.74) is 3.47. The number of allylic oxidation sites excluding steroid dienone is 1. The molecule has 1 N–H and O–H groups in total. The second-order valence-corrected chi connectivity index (χ2v) is 4.16. The van der Waals surface area contributed by atoms with Crippen molar-refractivity contribution in [2.45, 2.75) is 20.3 Å². The molecule has 0 aliphatic carbocycles.